The summed E-state index contributed by atoms with van der Waals surface area (Å²) in [4.78, 5) is 0. The lowest BCUT2D eigenvalue weighted by Gasteiger charge is -2.15. The molecule has 21 heavy (non-hydrogen) atoms. The van der Waals surface area contributed by atoms with E-state index in [1.54, 1.807) is 30.3 Å². The topological polar surface area (TPSA) is 72.2 Å². The monoisotopic (exact) mass is 304 g/mol. The Morgan fingerprint density at radius 1 is 1.05 bits per heavy atom. The molecule has 4 nitrogen and oxygen atoms in total. The van der Waals surface area contributed by atoms with E-state index in [-0.39, 0.29) is 11.7 Å². The first kappa shape index (κ1) is 15.4. The molecule has 0 amide bonds. The lowest BCUT2D eigenvalue weighted by atomic mass is 10.0. The van der Waals surface area contributed by atoms with Crippen LogP contribution in [-0.2, 0) is 15.8 Å². The van der Waals surface area contributed by atoms with Crippen molar-refractivity contribution in [2.75, 3.05) is 10.5 Å². The summed E-state index contributed by atoms with van der Waals surface area (Å²) >= 11 is 0. The Labute approximate surface area is 126 Å². The predicted molar refractivity (Wildman–Crippen MR) is 87.6 cm³/mol. The number of hydrogen-bond donors (Lipinski definition) is 2. The Morgan fingerprint density at radius 2 is 1.67 bits per heavy atom. The van der Waals surface area contributed by atoms with Gasteiger partial charge in [0.1, 0.15) is 0 Å². The molecule has 0 saturated carbocycles. The Balaban J connectivity index is 2.25. The minimum atomic E-state index is -3.50. The van der Waals surface area contributed by atoms with Crippen LogP contribution >= 0.6 is 0 Å². The summed E-state index contributed by atoms with van der Waals surface area (Å²) in [5.74, 6) is 0.109. The van der Waals surface area contributed by atoms with Crippen LogP contribution in [0.3, 0.4) is 0 Å². The molecule has 0 saturated heterocycles. The summed E-state index contributed by atoms with van der Waals surface area (Å²) in [5, 5.41) is 0. The van der Waals surface area contributed by atoms with E-state index in [0.29, 0.717) is 16.9 Å². The molecular formula is C16H20N2O2S. The molecule has 0 atom stereocenters. The molecule has 0 aliphatic heterocycles. The van der Waals surface area contributed by atoms with Crippen LogP contribution in [0.2, 0.25) is 0 Å². The number of benzene rings is 2. The van der Waals surface area contributed by atoms with E-state index < -0.39 is 10.0 Å². The zero-order valence-corrected chi connectivity index (χ0v) is 13.0. The van der Waals surface area contributed by atoms with E-state index in [9.17, 15) is 8.42 Å². The SMILES string of the molecule is CC(C)c1ccccc1NS(=O)(=O)Cc1ccccc1N. The Hall–Kier alpha value is -2.01. The molecule has 3 N–H and O–H groups in total. The van der Waals surface area contributed by atoms with Crippen LogP contribution in [0.4, 0.5) is 11.4 Å². The van der Waals surface area contributed by atoms with Crippen LogP contribution < -0.4 is 10.5 Å². The van der Waals surface area contributed by atoms with Crippen LogP contribution in [0.5, 0.6) is 0 Å². The molecule has 0 aromatic heterocycles. The number of para-hydroxylation sites is 2. The fourth-order valence-corrected chi connectivity index (χ4v) is 3.43. The maximum atomic E-state index is 12.3. The van der Waals surface area contributed by atoms with Crippen molar-refractivity contribution in [2.24, 2.45) is 0 Å². The van der Waals surface area contributed by atoms with Gasteiger partial charge < -0.3 is 5.73 Å². The third-order valence-electron chi connectivity index (χ3n) is 3.25. The fourth-order valence-electron chi connectivity index (χ4n) is 2.17. The van der Waals surface area contributed by atoms with Gasteiger partial charge in [-0.25, -0.2) is 8.42 Å². The van der Waals surface area contributed by atoms with E-state index in [0.717, 1.165) is 5.56 Å². The fraction of sp³-hybridized carbons (Fsp3) is 0.250. The quantitative estimate of drug-likeness (QED) is 0.832. The summed E-state index contributed by atoms with van der Waals surface area (Å²) in [5.41, 5.74) is 8.50. The zero-order chi connectivity index (χ0) is 15.5. The zero-order valence-electron chi connectivity index (χ0n) is 12.2. The minimum absolute atomic E-state index is 0.133. The molecule has 0 aliphatic carbocycles. The summed E-state index contributed by atoms with van der Waals surface area (Å²) in [6, 6.07) is 14.4. The third kappa shape index (κ3) is 3.98. The second-order valence-electron chi connectivity index (χ2n) is 5.30. The maximum Gasteiger partial charge on any atom is 0.237 e. The molecule has 0 aliphatic rings. The van der Waals surface area contributed by atoms with Crippen molar-refractivity contribution in [2.45, 2.75) is 25.5 Å². The number of sulfonamides is 1. The van der Waals surface area contributed by atoms with Crippen LogP contribution in [-0.4, -0.2) is 8.42 Å². The average Bonchev–Trinajstić information content (AvgIpc) is 2.41. The first-order valence-electron chi connectivity index (χ1n) is 6.82. The molecule has 2 aromatic rings. The molecule has 2 rings (SSSR count). The Bertz CT molecular complexity index is 725. The predicted octanol–water partition coefficient (Wildman–Crippen LogP) is 3.33. The molecule has 0 spiro atoms. The Kier molecular flexibility index (Phi) is 4.53. The second-order valence-corrected chi connectivity index (χ2v) is 7.02. The first-order valence-corrected chi connectivity index (χ1v) is 8.47. The highest BCUT2D eigenvalue weighted by Crippen LogP contribution is 2.25. The van der Waals surface area contributed by atoms with Gasteiger partial charge in [-0.3, -0.25) is 4.72 Å². The normalized spacial score (nSPS) is 11.6. The van der Waals surface area contributed by atoms with Crippen molar-refractivity contribution in [1.29, 1.82) is 0 Å². The highest BCUT2D eigenvalue weighted by Gasteiger charge is 2.16. The molecule has 112 valence electrons. The number of nitrogen functional groups attached to an aromatic ring is 1. The van der Waals surface area contributed by atoms with Crippen molar-refractivity contribution < 1.29 is 8.42 Å². The third-order valence-corrected chi connectivity index (χ3v) is 4.47. The molecule has 0 heterocycles. The molecule has 0 radical (unpaired) electrons. The first-order chi connectivity index (χ1) is 9.89. The molecule has 5 heteroatoms. The lowest BCUT2D eigenvalue weighted by molar-refractivity contribution is 0.600. The van der Waals surface area contributed by atoms with E-state index in [1.165, 1.54) is 0 Å². The number of nitrogens with two attached hydrogens (primary N) is 1. The Morgan fingerprint density at radius 3 is 2.33 bits per heavy atom. The van der Waals surface area contributed by atoms with Crippen LogP contribution in [0.25, 0.3) is 0 Å². The van der Waals surface area contributed by atoms with Gasteiger partial charge in [0.15, 0.2) is 0 Å². The summed E-state index contributed by atoms with van der Waals surface area (Å²) < 4.78 is 27.3. The molecule has 0 bridgehead atoms. The molecular weight excluding hydrogens is 284 g/mol. The summed E-state index contributed by atoms with van der Waals surface area (Å²) in [6.45, 7) is 4.06. The van der Waals surface area contributed by atoms with Gasteiger partial charge in [-0.2, -0.15) is 0 Å². The van der Waals surface area contributed by atoms with Gasteiger partial charge in [0, 0.05) is 5.69 Å². The smallest absolute Gasteiger partial charge is 0.237 e. The number of hydrogen-bond acceptors (Lipinski definition) is 3. The van der Waals surface area contributed by atoms with Crippen molar-refractivity contribution in [3.05, 3.63) is 59.7 Å². The van der Waals surface area contributed by atoms with E-state index in [4.69, 9.17) is 5.73 Å². The van der Waals surface area contributed by atoms with Crippen molar-refractivity contribution in [1.82, 2.24) is 0 Å². The highest BCUT2D eigenvalue weighted by atomic mass is 32.2. The van der Waals surface area contributed by atoms with Gasteiger partial charge in [-0.1, -0.05) is 50.2 Å². The maximum absolute atomic E-state index is 12.3. The standard InChI is InChI=1S/C16H20N2O2S/c1-12(2)14-8-4-6-10-16(14)18-21(19,20)11-13-7-3-5-9-15(13)17/h3-10,12,18H,11,17H2,1-2H3. The van der Waals surface area contributed by atoms with E-state index in [2.05, 4.69) is 4.72 Å². The average molecular weight is 304 g/mol. The minimum Gasteiger partial charge on any atom is -0.398 e. The highest BCUT2D eigenvalue weighted by molar-refractivity contribution is 7.91. The van der Waals surface area contributed by atoms with Crippen LogP contribution in [0.15, 0.2) is 48.5 Å². The van der Waals surface area contributed by atoms with Gasteiger partial charge in [0.25, 0.3) is 0 Å². The van der Waals surface area contributed by atoms with Gasteiger partial charge in [0.05, 0.1) is 11.4 Å². The second kappa shape index (κ2) is 6.18. The van der Waals surface area contributed by atoms with Crippen molar-refractivity contribution in [3.8, 4) is 0 Å². The molecule has 0 fully saturated rings. The largest absolute Gasteiger partial charge is 0.398 e. The number of nitrogens with one attached hydrogen (secondary N) is 1. The van der Waals surface area contributed by atoms with E-state index >= 15 is 0 Å². The van der Waals surface area contributed by atoms with E-state index in [1.807, 2.05) is 32.0 Å². The van der Waals surface area contributed by atoms with Crippen molar-refractivity contribution >= 4 is 21.4 Å². The van der Waals surface area contributed by atoms with Gasteiger partial charge >= 0.3 is 0 Å². The lowest BCUT2D eigenvalue weighted by Crippen LogP contribution is -2.17. The van der Waals surface area contributed by atoms with Crippen LogP contribution in [0.1, 0.15) is 30.9 Å². The van der Waals surface area contributed by atoms with Gasteiger partial charge in [0.2, 0.25) is 10.0 Å². The number of anilines is 2. The number of rotatable bonds is 5. The molecule has 2 aromatic carbocycles. The van der Waals surface area contributed by atoms with Gasteiger partial charge in [-0.15, -0.1) is 0 Å². The molecule has 0 unspecified atom stereocenters. The van der Waals surface area contributed by atoms with Gasteiger partial charge in [-0.05, 0) is 29.2 Å². The summed E-state index contributed by atoms with van der Waals surface area (Å²) in [7, 11) is -3.50. The van der Waals surface area contributed by atoms with Crippen LogP contribution in [0, 0.1) is 0 Å². The van der Waals surface area contributed by atoms with Crippen molar-refractivity contribution in [3.63, 3.8) is 0 Å². The summed E-state index contributed by atoms with van der Waals surface area (Å²) in [6.07, 6.45) is 0.